The molecule has 0 radical (unpaired) electrons. The maximum atomic E-state index is 11.9. The van der Waals surface area contributed by atoms with E-state index >= 15 is 0 Å². The minimum Gasteiger partial charge on any atom is -0.329 e. The molecule has 1 heterocycles. The van der Waals surface area contributed by atoms with Crippen LogP contribution < -0.4 is 0 Å². The summed E-state index contributed by atoms with van der Waals surface area (Å²) >= 11 is 0. The third kappa shape index (κ3) is 4.06. The van der Waals surface area contributed by atoms with Crippen LogP contribution >= 0.6 is 0 Å². The van der Waals surface area contributed by atoms with Gasteiger partial charge in [-0.2, -0.15) is 5.10 Å². The Balaban J connectivity index is 2.52. The van der Waals surface area contributed by atoms with Crippen molar-refractivity contribution in [2.75, 3.05) is 13.1 Å². The van der Waals surface area contributed by atoms with E-state index in [-0.39, 0.29) is 11.9 Å². The summed E-state index contributed by atoms with van der Waals surface area (Å²) in [5.74, 6) is -0.0548. The van der Waals surface area contributed by atoms with E-state index in [1.165, 1.54) is 0 Å². The van der Waals surface area contributed by atoms with Gasteiger partial charge in [-0.25, -0.2) is 6.57 Å². The maximum Gasteiger partial charge on any atom is 0.246 e. The van der Waals surface area contributed by atoms with Crippen molar-refractivity contribution in [2.45, 2.75) is 26.4 Å². The highest BCUT2D eigenvalue weighted by Gasteiger charge is 2.17. The highest BCUT2D eigenvalue weighted by atomic mass is 16.2. The van der Waals surface area contributed by atoms with Crippen molar-refractivity contribution in [1.82, 2.24) is 14.7 Å². The number of carbonyl (C=O) groups excluding carboxylic acids is 1. The topological polar surface area (TPSA) is 42.5 Å². The molecule has 1 amide bonds. The first-order chi connectivity index (χ1) is 8.69. The molecule has 18 heavy (non-hydrogen) atoms. The van der Waals surface area contributed by atoms with Gasteiger partial charge >= 0.3 is 0 Å². The molecule has 5 nitrogen and oxygen atoms in total. The first-order valence-electron chi connectivity index (χ1n) is 5.96. The monoisotopic (exact) mass is 246 g/mol. The second-order valence-corrected chi connectivity index (χ2v) is 3.94. The lowest BCUT2D eigenvalue weighted by molar-refractivity contribution is -0.127. The molecule has 0 unspecified atom stereocenters. The van der Waals surface area contributed by atoms with E-state index in [0.717, 1.165) is 0 Å². The Morgan fingerprint density at radius 1 is 1.67 bits per heavy atom. The van der Waals surface area contributed by atoms with Gasteiger partial charge in [-0.1, -0.05) is 6.08 Å². The molecule has 0 aliphatic carbocycles. The third-order valence-electron chi connectivity index (χ3n) is 2.62. The van der Waals surface area contributed by atoms with E-state index in [1.54, 1.807) is 27.9 Å². The molecule has 0 spiro atoms. The van der Waals surface area contributed by atoms with Gasteiger partial charge in [-0.3, -0.25) is 9.48 Å². The lowest BCUT2D eigenvalue weighted by atomic mass is 10.2. The zero-order valence-electron chi connectivity index (χ0n) is 10.8. The number of allylic oxidation sites excluding steroid dienone is 1. The van der Waals surface area contributed by atoms with Gasteiger partial charge in [-0.15, -0.1) is 0 Å². The second-order valence-electron chi connectivity index (χ2n) is 3.94. The molecule has 0 aliphatic rings. The Kier molecular flexibility index (Phi) is 5.65. The SMILES string of the molecule is [C-]#[N+]C[C@@H](C)N(CC)C(=O)/C=C/Cn1cccn1. The number of amides is 1. The molecular formula is C13H18N4O. The molecule has 0 saturated carbocycles. The van der Waals surface area contributed by atoms with E-state index in [2.05, 4.69) is 9.94 Å². The van der Waals surface area contributed by atoms with Crippen molar-refractivity contribution in [2.24, 2.45) is 0 Å². The lowest BCUT2D eigenvalue weighted by Crippen LogP contribution is -2.38. The molecular weight excluding hydrogens is 228 g/mol. The summed E-state index contributed by atoms with van der Waals surface area (Å²) in [5.41, 5.74) is 0. The van der Waals surface area contributed by atoms with Crippen LogP contribution in [0.4, 0.5) is 0 Å². The van der Waals surface area contributed by atoms with Crippen LogP contribution in [0.15, 0.2) is 30.6 Å². The summed E-state index contributed by atoms with van der Waals surface area (Å²) < 4.78 is 1.74. The average molecular weight is 246 g/mol. The van der Waals surface area contributed by atoms with Crippen molar-refractivity contribution in [3.63, 3.8) is 0 Å². The van der Waals surface area contributed by atoms with Crippen molar-refractivity contribution in [3.8, 4) is 0 Å². The quantitative estimate of drug-likeness (QED) is 0.565. The van der Waals surface area contributed by atoms with Gasteiger partial charge in [0, 0.05) is 25.0 Å². The van der Waals surface area contributed by atoms with Crippen LogP contribution in [0.3, 0.4) is 0 Å². The minimum absolute atomic E-state index is 0.0469. The molecule has 96 valence electrons. The van der Waals surface area contributed by atoms with Crippen LogP contribution in [0.1, 0.15) is 13.8 Å². The van der Waals surface area contributed by atoms with E-state index in [0.29, 0.717) is 19.6 Å². The van der Waals surface area contributed by atoms with Crippen molar-refractivity contribution >= 4 is 5.91 Å². The standard InChI is InChI=1S/C13H18N4O/c1-4-17(12(2)11-14-3)13(18)7-5-9-16-10-6-8-15-16/h5-8,10,12H,4,9,11H2,1-2H3/b7-5+/t12-/m1/s1. The van der Waals surface area contributed by atoms with Crippen LogP contribution in [-0.2, 0) is 11.3 Å². The predicted octanol–water partition coefficient (Wildman–Crippen LogP) is 1.60. The Morgan fingerprint density at radius 2 is 2.44 bits per heavy atom. The number of rotatable bonds is 6. The Morgan fingerprint density at radius 3 is 3.00 bits per heavy atom. The van der Waals surface area contributed by atoms with Gasteiger partial charge in [0.1, 0.15) is 6.04 Å². The van der Waals surface area contributed by atoms with E-state index in [1.807, 2.05) is 26.1 Å². The summed E-state index contributed by atoms with van der Waals surface area (Å²) in [6.07, 6.45) is 6.87. The molecule has 0 aliphatic heterocycles. The summed E-state index contributed by atoms with van der Waals surface area (Å²) in [4.78, 5) is 16.9. The molecule has 1 aromatic heterocycles. The predicted molar refractivity (Wildman–Crippen MR) is 69.7 cm³/mol. The second kappa shape index (κ2) is 7.28. The maximum absolute atomic E-state index is 11.9. The largest absolute Gasteiger partial charge is 0.329 e. The van der Waals surface area contributed by atoms with Crippen molar-refractivity contribution in [1.29, 1.82) is 0 Å². The van der Waals surface area contributed by atoms with Crippen LogP contribution in [0.25, 0.3) is 4.85 Å². The summed E-state index contributed by atoms with van der Waals surface area (Å²) in [7, 11) is 0. The fraction of sp³-hybridized carbons (Fsp3) is 0.462. The van der Waals surface area contributed by atoms with Crippen LogP contribution in [0.2, 0.25) is 0 Å². The Bertz CT molecular complexity index is 430. The van der Waals surface area contributed by atoms with Gasteiger partial charge in [0.2, 0.25) is 12.5 Å². The zero-order chi connectivity index (χ0) is 13.4. The average Bonchev–Trinajstić information content (AvgIpc) is 2.83. The van der Waals surface area contributed by atoms with E-state index < -0.39 is 0 Å². The van der Waals surface area contributed by atoms with Gasteiger partial charge in [-0.05, 0) is 19.9 Å². The van der Waals surface area contributed by atoms with Crippen LogP contribution in [0.5, 0.6) is 0 Å². The number of hydrogen-bond donors (Lipinski definition) is 0. The molecule has 1 aromatic rings. The molecule has 1 atom stereocenters. The molecule has 0 N–H and O–H groups in total. The molecule has 0 aromatic carbocycles. The molecule has 5 heteroatoms. The normalized spacial score (nSPS) is 12.3. The zero-order valence-corrected chi connectivity index (χ0v) is 10.8. The molecule has 1 rings (SSSR count). The lowest BCUT2D eigenvalue weighted by Gasteiger charge is -2.23. The van der Waals surface area contributed by atoms with Gasteiger partial charge in [0.05, 0.1) is 6.54 Å². The minimum atomic E-state index is -0.0548. The fourth-order valence-corrected chi connectivity index (χ4v) is 1.68. The summed E-state index contributed by atoms with van der Waals surface area (Å²) in [6.45, 7) is 12.2. The summed E-state index contributed by atoms with van der Waals surface area (Å²) in [6, 6.07) is 1.79. The Labute approximate surface area is 108 Å². The number of hydrogen-bond acceptors (Lipinski definition) is 2. The number of aromatic nitrogens is 2. The fourth-order valence-electron chi connectivity index (χ4n) is 1.68. The third-order valence-corrected chi connectivity index (χ3v) is 2.62. The van der Waals surface area contributed by atoms with Crippen LogP contribution in [0, 0.1) is 6.57 Å². The first-order valence-corrected chi connectivity index (χ1v) is 5.96. The highest BCUT2D eigenvalue weighted by Crippen LogP contribution is 2.01. The Hall–Kier alpha value is -2.09. The number of carbonyl (C=O) groups is 1. The highest BCUT2D eigenvalue weighted by molar-refractivity contribution is 5.87. The van der Waals surface area contributed by atoms with Gasteiger partial charge in [0.25, 0.3) is 0 Å². The number of likely N-dealkylation sites (N-methyl/N-ethyl adjacent to an activating group) is 1. The molecule has 0 saturated heterocycles. The van der Waals surface area contributed by atoms with E-state index in [4.69, 9.17) is 6.57 Å². The van der Waals surface area contributed by atoms with Gasteiger partial charge in [0.15, 0.2) is 0 Å². The molecule has 0 bridgehead atoms. The molecule has 0 fully saturated rings. The summed E-state index contributed by atoms with van der Waals surface area (Å²) in [5, 5.41) is 4.04. The van der Waals surface area contributed by atoms with Crippen molar-refractivity contribution < 1.29 is 4.79 Å². The van der Waals surface area contributed by atoms with E-state index in [9.17, 15) is 4.79 Å². The number of nitrogens with zero attached hydrogens (tertiary/aromatic N) is 4. The van der Waals surface area contributed by atoms with Crippen LogP contribution in [-0.4, -0.2) is 39.7 Å². The smallest absolute Gasteiger partial charge is 0.246 e. The van der Waals surface area contributed by atoms with Gasteiger partial charge < -0.3 is 9.74 Å². The first kappa shape index (κ1) is 14.0. The van der Waals surface area contributed by atoms with Crippen molar-refractivity contribution in [3.05, 3.63) is 42.0 Å².